The monoisotopic (exact) mass is 294 g/mol. The molecule has 2 rings (SSSR count). The molecule has 22 heavy (non-hydrogen) atoms. The van der Waals surface area contributed by atoms with Crippen LogP contribution >= 0.6 is 0 Å². The summed E-state index contributed by atoms with van der Waals surface area (Å²) < 4.78 is 0. The minimum absolute atomic E-state index is 0.0397. The first kappa shape index (κ1) is 16.0. The Labute approximate surface area is 132 Å². The zero-order valence-electron chi connectivity index (χ0n) is 13.2. The van der Waals surface area contributed by atoms with Crippen LogP contribution in [-0.2, 0) is 17.8 Å². The highest BCUT2D eigenvalue weighted by Gasteiger charge is 2.11. The summed E-state index contributed by atoms with van der Waals surface area (Å²) >= 11 is 0. The summed E-state index contributed by atoms with van der Waals surface area (Å²) in [5, 5.41) is 0. The van der Waals surface area contributed by atoms with Crippen molar-refractivity contribution in [1.82, 2.24) is 9.88 Å². The third kappa shape index (κ3) is 4.29. The van der Waals surface area contributed by atoms with Gasteiger partial charge in [0.1, 0.15) is 0 Å². The Morgan fingerprint density at radius 1 is 1.23 bits per heavy atom. The molecule has 0 aliphatic rings. The molecule has 1 aromatic heterocycles. The van der Waals surface area contributed by atoms with Crippen molar-refractivity contribution in [3.8, 4) is 0 Å². The van der Waals surface area contributed by atoms with Crippen molar-refractivity contribution < 1.29 is 4.79 Å². The van der Waals surface area contributed by atoms with E-state index in [0.717, 1.165) is 17.5 Å². The summed E-state index contributed by atoms with van der Waals surface area (Å²) in [4.78, 5) is 18.0. The lowest BCUT2D eigenvalue weighted by Gasteiger charge is -2.22. The highest BCUT2D eigenvalue weighted by molar-refractivity contribution is 5.87. The Bertz CT molecular complexity index is 650. The molecule has 114 valence electrons. The van der Waals surface area contributed by atoms with E-state index >= 15 is 0 Å². The third-order valence-corrected chi connectivity index (χ3v) is 3.82. The molecule has 1 amide bonds. The molecule has 0 unspecified atom stereocenters. The van der Waals surface area contributed by atoms with Gasteiger partial charge >= 0.3 is 0 Å². The molecule has 0 atom stereocenters. The van der Waals surface area contributed by atoms with Crippen molar-refractivity contribution in [2.75, 3.05) is 6.54 Å². The molecule has 0 N–H and O–H groups in total. The van der Waals surface area contributed by atoms with Crippen molar-refractivity contribution in [3.63, 3.8) is 0 Å². The number of carbonyl (C=O) groups is 1. The number of aromatic nitrogens is 1. The number of nitrogens with zero attached hydrogens (tertiary/aromatic N) is 2. The highest BCUT2D eigenvalue weighted by Crippen LogP contribution is 2.13. The van der Waals surface area contributed by atoms with Crippen molar-refractivity contribution >= 4 is 5.91 Å². The lowest BCUT2D eigenvalue weighted by molar-refractivity contribution is -0.126. The first-order chi connectivity index (χ1) is 10.6. The van der Waals surface area contributed by atoms with Crippen molar-refractivity contribution in [3.05, 3.63) is 77.6 Å². The van der Waals surface area contributed by atoms with Gasteiger partial charge < -0.3 is 4.90 Å². The summed E-state index contributed by atoms with van der Waals surface area (Å²) in [6.07, 6.45) is 5.76. The standard InChI is InChI=1S/C19H22N2O/c1-4-19(22)21(11-9-17-6-5-10-20-13-17)14-18-8-7-15(2)16(3)12-18/h4-8,10,12-13H,1,9,11,14H2,2-3H3. The quantitative estimate of drug-likeness (QED) is 0.764. The zero-order chi connectivity index (χ0) is 15.9. The van der Waals surface area contributed by atoms with Crippen LogP contribution in [0.1, 0.15) is 22.3 Å². The van der Waals surface area contributed by atoms with Crippen LogP contribution in [0.25, 0.3) is 0 Å². The van der Waals surface area contributed by atoms with Crippen LogP contribution in [0.3, 0.4) is 0 Å². The molecule has 1 aromatic carbocycles. The number of benzene rings is 1. The predicted octanol–water partition coefficient (Wildman–Crippen LogP) is 3.46. The Morgan fingerprint density at radius 2 is 2.05 bits per heavy atom. The van der Waals surface area contributed by atoms with E-state index in [2.05, 4.69) is 43.6 Å². The van der Waals surface area contributed by atoms with Crippen LogP contribution in [0.15, 0.2) is 55.4 Å². The Morgan fingerprint density at radius 3 is 2.68 bits per heavy atom. The number of aryl methyl sites for hydroxylation is 2. The van der Waals surface area contributed by atoms with Crippen LogP contribution in [0.2, 0.25) is 0 Å². The summed E-state index contributed by atoms with van der Waals surface area (Å²) in [7, 11) is 0. The van der Waals surface area contributed by atoms with E-state index in [1.807, 2.05) is 23.2 Å². The van der Waals surface area contributed by atoms with Crippen LogP contribution in [0, 0.1) is 13.8 Å². The Kier molecular flexibility index (Phi) is 5.48. The molecule has 0 saturated carbocycles. The topological polar surface area (TPSA) is 33.2 Å². The fraction of sp³-hybridized carbons (Fsp3) is 0.263. The summed E-state index contributed by atoms with van der Waals surface area (Å²) in [5.41, 5.74) is 4.78. The third-order valence-electron chi connectivity index (χ3n) is 3.82. The van der Waals surface area contributed by atoms with Gasteiger partial charge in [-0.3, -0.25) is 9.78 Å². The van der Waals surface area contributed by atoms with Crippen LogP contribution < -0.4 is 0 Å². The van der Waals surface area contributed by atoms with E-state index in [1.165, 1.54) is 17.2 Å². The molecule has 0 aliphatic heterocycles. The summed E-state index contributed by atoms with van der Waals surface area (Å²) in [6, 6.07) is 10.3. The molecule has 3 heteroatoms. The molecular weight excluding hydrogens is 272 g/mol. The average molecular weight is 294 g/mol. The van der Waals surface area contributed by atoms with E-state index in [-0.39, 0.29) is 5.91 Å². The lowest BCUT2D eigenvalue weighted by Crippen LogP contribution is -2.31. The fourth-order valence-corrected chi connectivity index (χ4v) is 2.33. The molecular formula is C19H22N2O. The summed E-state index contributed by atoms with van der Waals surface area (Å²) in [5.74, 6) is -0.0397. The van der Waals surface area contributed by atoms with Gasteiger partial charge in [0.15, 0.2) is 0 Å². The number of hydrogen-bond donors (Lipinski definition) is 0. The average Bonchev–Trinajstić information content (AvgIpc) is 2.55. The number of carbonyl (C=O) groups excluding carboxylic acids is 1. The normalized spacial score (nSPS) is 10.3. The van der Waals surface area contributed by atoms with E-state index in [4.69, 9.17) is 0 Å². The van der Waals surface area contributed by atoms with Gasteiger partial charge in [0.05, 0.1) is 0 Å². The highest BCUT2D eigenvalue weighted by atomic mass is 16.2. The largest absolute Gasteiger partial charge is 0.335 e. The van der Waals surface area contributed by atoms with Crippen molar-refractivity contribution in [1.29, 1.82) is 0 Å². The smallest absolute Gasteiger partial charge is 0.246 e. The Balaban J connectivity index is 2.07. The second-order valence-corrected chi connectivity index (χ2v) is 5.49. The van der Waals surface area contributed by atoms with Crippen LogP contribution in [0.4, 0.5) is 0 Å². The molecule has 0 spiro atoms. The molecule has 0 aliphatic carbocycles. The molecule has 3 nitrogen and oxygen atoms in total. The maximum atomic E-state index is 12.1. The predicted molar refractivity (Wildman–Crippen MR) is 89.5 cm³/mol. The molecule has 2 aromatic rings. The van der Waals surface area contributed by atoms with Gasteiger partial charge in [0, 0.05) is 25.5 Å². The van der Waals surface area contributed by atoms with Gasteiger partial charge in [-0.25, -0.2) is 0 Å². The molecule has 0 fully saturated rings. The van der Waals surface area contributed by atoms with Gasteiger partial charge in [0.2, 0.25) is 5.91 Å². The maximum absolute atomic E-state index is 12.1. The number of hydrogen-bond acceptors (Lipinski definition) is 2. The summed E-state index contributed by atoms with van der Waals surface area (Å²) in [6.45, 7) is 9.05. The van der Waals surface area contributed by atoms with Crippen molar-refractivity contribution in [2.24, 2.45) is 0 Å². The van der Waals surface area contributed by atoms with E-state index in [9.17, 15) is 4.79 Å². The number of rotatable bonds is 6. The zero-order valence-corrected chi connectivity index (χ0v) is 13.2. The minimum atomic E-state index is -0.0397. The Hall–Kier alpha value is -2.42. The first-order valence-electron chi connectivity index (χ1n) is 7.46. The fourth-order valence-electron chi connectivity index (χ4n) is 2.33. The van der Waals surface area contributed by atoms with Gasteiger partial charge in [0.25, 0.3) is 0 Å². The van der Waals surface area contributed by atoms with E-state index in [0.29, 0.717) is 13.1 Å². The molecule has 0 saturated heterocycles. The maximum Gasteiger partial charge on any atom is 0.246 e. The number of amides is 1. The molecule has 0 radical (unpaired) electrons. The lowest BCUT2D eigenvalue weighted by atomic mass is 10.1. The van der Waals surface area contributed by atoms with Gasteiger partial charge in [-0.15, -0.1) is 0 Å². The number of pyridine rings is 1. The second kappa shape index (κ2) is 7.55. The molecule has 0 bridgehead atoms. The van der Waals surface area contributed by atoms with Crippen LogP contribution in [-0.4, -0.2) is 22.3 Å². The molecule has 1 heterocycles. The van der Waals surface area contributed by atoms with Crippen molar-refractivity contribution in [2.45, 2.75) is 26.8 Å². The van der Waals surface area contributed by atoms with Crippen LogP contribution in [0.5, 0.6) is 0 Å². The van der Waals surface area contributed by atoms with E-state index < -0.39 is 0 Å². The van der Waals surface area contributed by atoms with Gasteiger partial charge in [-0.2, -0.15) is 0 Å². The van der Waals surface area contributed by atoms with Gasteiger partial charge in [-0.1, -0.05) is 30.8 Å². The minimum Gasteiger partial charge on any atom is -0.335 e. The SMILES string of the molecule is C=CC(=O)N(CCc1cccnc1)Cc1ccc(C)c(C)c1. The second-order valence-electron chi connectivity index (χ2n) is 5.49. The van der Waals surface area contributed by atoms with E-state index in [1.54, 1.807) is 6.20 Å². The van der Waals surface area contributed by atoms with Gasteiger partial charge in [-0.05, 0) is 54.7 Å². The first-order valence-corrected chi connectivity index (χ1v) is 7.46.